The number of hydrogen-bond donors (Lipinski definition) is 2. The standard InChI is InChI=1S/C14H21F3N4O2S2.HI/c1-3-18-12(20-8-13(4-5-13)9-25(2,22)23)19-6-11-21-10(7-24-11)14(15,16)17;/h7H,3-6,8-9H2,1-2H3,(H2,18,19,20);1H. The molecule has 0 amide bonds. The molecule has 0 atom stereocenters. The Morgan fingerprint density at radius 3 is 2.50 bits per heavy atom. The topological polar surface area (TPSA) is 83.4 Å². The smallest absolute Gasteiger partial charge is 0.357 e. The second kappa shape index (κ2) is 9.04. The molecule has 0 aromatic carbocycles. The van der Waals surface area contributed by atoms with E-state index in [0.29, 0.717) is 19.0 Å². The minimum Gasteiger partial charge on any atom is -0.357 e. The Kier molecular flexibility index (Phi) is 8.14. The molecule has 6 nitrogen and oxygen atoms in total. The molecule has 2 rings (SSSR count). The molecular weight excluding hydrogens is 504 g/mol. The Labute approximate surface area is 172 Å². The minimum absolute atomic E-state index is 0. The molecule has 0 bridgehead atoms. The van der Waals surface area contributed by atoms with Crippen LogP contribution in [0.15, 0.2) is 10.4 Å². The van der Waals surface area contributed by atoms with Gasteiger partial charge in [-0.3, -0.25) is 0 Å². The summed E-state index contributed by atoms with van der Waals surface area (Å²) in [5.74, 6) is 0.555. The predicted octanol–water partition coefficient (Wildman–Crippen LogP) is 2.66. The second-order valence-corrected chi connectivity index (χ2v) is 9.33. The number of nitrogens with zero attached hydrogens (tertiary/aromatic N) is 2. The molecule has 0 aliphatic heterocycles. The lowest BCUT2D eigenvalue weighted by atomic mass is 10.1. The average Bonchev–Trinajstić information content (AvgIpc) is 3.03. The zero-order chi connectivity index (χ0) is 18.7. The first-order chi connectivity index (χ1) is 11.5. The summed E-state index contributed by atoms with van der Waals surface area (Å²) >= 11 is 0.907. The molecule has 1 heterocycles. The average molecular weight is 526 g/mol. The van der Waals surface area contributed by atoms with Gasteiger partial charge in [-0.25, -0.2) is 18.4 Å². The van der Waals surface area contributed by atoms with E-state index in [1.54, 1.807) is 0 Å². The van der Waals surface area contributed by atoms with Gasteiger partial charge < -0.3 is 10.6 Å². The number of rotatable bonds is 7. The van der Waals surface area contributed by atoms with Crippen molar-refractivity contribution in [2.45, 2.75) is 32.5 Å². The number of thiazole rings is 1. The maximum atomic E-state index is 12.5. The van der Waals surface area contributed by atoms with Crippen LogP contribution in [0.2, 0.25) is 0 Å². The van der Waals surface area contributed by atoms with Gasteiger partial charge in [-0.05, 0) is 19.8 Å². The number of halogens is 4. The Morgan fingerprint density at radius 2 is 2.04 bits per heavy atom. The monoisotopic (exact) mass is 526 g/mol. The van der Waals surface area contributed by atoms with Crippen molar-refractivity contribution in [1.29, 1.82) is 0 Å². The Hall–Kier alpha value is -0.630. The molecule has 1 saturated carbocycles. The van der Waals surface area contributed by atoms with Crippen LogP contribution in [-0.4, -0.2) is 44.5 Å². The van der Waals surface area contributed by atoms with E-state index < -0.39 is 21.7 Å². The molecule has 1 aromatic heterocycles. The summed E-state index contributed by atoms with van der Waals surface area (Å²) in [6.45, 7) is 2.93. The first-order valence-electron chi connectivity index (χ1n) is 7.74. The molecule has 1 fully saturated rings. The van der Waals surface area contributed by atoms with E-state index in [1.807, 2.05) is 6.92 Å². The van der Waals surface area contributed by atoms with Crippen LogP contribution in [0.1, 0.15) is 30.5 Å². The summed E-state index contributed by atoms with van der Waals surface area (Å²) in [6, 6.07) is 0. The van der Waals surface area contributed by atoms with Crippen LogP contribution >= 0.6 is 35.3 Å². The molecule has 0 unspecified atom stereocenters. The summed E-state index contributed by atoms with van der Waals surface area (Å²) in [4.78, 5) is 7.77. The summed E-state index contributed by atoms with van der Waals surface area (Å²) in [7, 11) is -3.06. The Bertz CT molecular complexity index is 731. The maximum absolute atomic E-state index is 12.5. The van der Waals surface area contributed by atoms with Crippen molar-refractivity contribution in [1.82, 2.24) is 15.6 Å². The lowest BCUT2D eigenvalue weighted by molar-refractivity contribution is -0.140. The van der Waals surface area contributed by atoms with Gasteiger partial charge in [0.15, 0.2) is 11.7 Å². The number of hydrogen-bond acceptors (Lipinski definition) is 5. The summed E-state index contributed by atoms with van der Waals surface area (Å²) in [6.07, 6.45) is -1.58. The molecule has 2 N–H and O–H groups in total. The second-order valence-electron chi connectivity index (χ2n) is 6.24. The lowest BCUT2D eigenvalue weighted by Gasteiger charge is -2.17. The Balaban J connectivity index is 0.00000338. The van der Waals surface area contributed by atoms with E-state index >= 15 is 0 Å². The summed E-state index contributed by atoms with van der Waals surface area (Å²) in [5.41, 5.74) is -1.18. The fraction of sp³-hybridized carbons (Fsp3) is 0.714. The third kappa shape index (κ3) is 7.55. The third-order valence-corrected chi connectivity index (χ3v) is 5.69. The fourth-order valence-electron chi connectivity index (χ4n) is 2.38. The maximum Gasteiger partial charge on any atom is 0.434 e. The van der Waals surface area contributed by atoms with Gasteiger partial charge >= 0.3 is 6.18 Å². The summed E-state index contributed by atoms with van der Waals surface area (Å²) < 4.78 is 60.6. The third-order valence-electron chi connectivity index (χ3n) is 3.72. The van der Waals surface area contributed by atoms with Crippen LogP contribution in [-0.2, 0) is 22.6 Å². The van der Waals surface area contributed by atoms with Crippen molar-refractivity contribution in [2.75, 3.05) is 25.1 Å². The highest BCUT2D eigenvalue weighted by molar-refractivity contribution is 14.0. The number of aromatic nitrogens is 1. The van der Waals surface area contributed by atoms with Crippen molar-refractivity contribution < 1.29 is 21.6 Å². The largest absolute Gasteiger partial charge is 0.434 e. The molecule has 150 valence electrons. The Morgan fingerprint density at radius 1 is 1.38 bits per heavy atom. The van der Waals surface area contributed by atoms with E-state index in [1.165, 1.54) is 6.26 Å². The number of sulfone groups is 1. The van der Waals surface area contributed by atoms with Crippen LogP contribution in [0.3, 0.4) is 0 Å². The first-order valence-corrected chi connectivity index (χ1v) is 10.7. The molecule has 0 spiro atoms. The minimum atomic E-state index is -4.45. The van der Waals surface area contributed by atoms with Crippen LogP contribution in [0.4, 0.5) is 13.2 Å². The van der Waals surface area contributed by atoms with Gasteiger partial charge in [0.2, 0.25) is 0 Å². The van der Waals surface area contributed by atoms with E-state index in [4.69, 9.17) is 0 Å². The molecule has 1 aliphatic rings. The SMILES string of the molecule is CCNC(=NCc1nc(C(F)(F)F)cs1)NCC1(CS(C)(=O)=O)CC1.I. The van der Waals surface area contributed by atoms with E-state index in [9.17, 15) is 21.6 Å². The van der Waals surface area contributed by atoms with E-state index in [0.717, 1.165) is 29.6 Å². The van der Waals surface area contributed by atoms with Gasteiger partial charge in [-0.2, -0.15) is 13.2 Å². The van der Waals surface area contributed by atoms with Crippen molar-refractivity contribution in [2.24, 2.45) is 10.4 Å². The van der Waals surface area contributed by atoms with Crippen molar-refractivity contribution in [3.8, 4) is 0 Å². The first kappa shape index (κ1) is 23.4. The molecule has 0 radical (unpaired) electrons. The molecular formula is C14H22F3IN4O2S2. The van der Waals surface area contributed by atoms with Gasteiger partial charge in [-0.1, -0.05) is 0 Å². The lowest BCUT2D eigenvalue weighted by Crippen LogP contribution is -2.41. The fourth-order valence-corrected chi connectivity index (χ4v) is 4.61. The molecule has 1 aliphatic carbocycles. The molecule has 0 saturated heterocycles. The van der Waals surface area contributed by atoms with Crippen molar-refractivity contribution in [3.63, 3.8) is 0 Å². The predicted molar refractivity (Wildman–Crippen MR) is 107 cm³/mol. The van der Waals surface area contributed by atoms with Crippen LogP contribution in [0.5, 0.6) is 0 Å². The number of alkyl halides is 3. The molecule has 26 heavy (non-hydrogen) atoms. The summed E-state index contributed by atoms with van der Waals surface area (Å²) in [5, 5.41) is 7.31. The molecule has 12 heteroatoms. The highest BCUT2D eigenvalue weighted by atomic mass is 127. The normalized spacial score (nSPS) is 16.7. The number of aliphatic imine (C=N–C) groups is 1. The quantitative estimate of drug-likeness (QED) is 0.325. The van der Waals surface area contributed by atoms with Gasteiger partial charge in [0.25, 0.3) is 0 Å². The van der Waals surface area contributed by atoms with E-state index in [-0.39, 0.29) is 46.7 Å². The van der Waals surface area contributed by atoms with Crippen LogP contribution in [0, 0.1) is 5.41 Å². The van der Waals surface area contributed by atoms with Gasteiger partial charge in [-0.15, -0.1) is 35.3 Å². The van der Waals surface area contributed by atoms with Crippen molar-refractivity contribution >= 4 is 51.1 Å². The van der Waals surface area contributed by atoms with E-state index in [2.05, 4.69) is 20.6 Å². The van der Waals surface area contributed by atoms with Gasteiger partial charge in [0.1, 0.15) is 14.8 Å². The zero-order valence-corrected chi connectivity index (χ0v) is 18.4. The van der Waals surface area contributed by atoms with Gasteiger partial charge in [0, 0.05) is 30.1 Å². The van der Waals surface area contributed by atoms with Gasteiger partial charge in [0.05, 0.1) is 12.3 Å². The number of nitrogens with one attached hydrogen (secondary N) is 2. The van der Waals surface area contributed by atoms with Crippen molar-refractivity contribution in [3.05, 3.63) is 16.1 Å². The zero-order valence-electron chi connectivity index (χ0n) is 14.4. The van der Waals surface area contributed by atoms with Crippen LogP contribution < -0.4 is 10.6 Å². The van der Waals surface area contributed by atoms with Crippen LogP contribution in [0.25, 0.3) is 0 Å². The highest BCUT2D eigenvalue weighted by Gasteiger charge is 2.45. The number of guanidine groups is 1. The highest BCUT2D eigenvalue weighted by Crippen LogP contribution is 2.46. The molecule has 1 aromatic rings.